The third-order valence-electron chi connectivity index (χ3n) is 4.66. The Hall–Kier alpha value is -3.86. The highest BCUT2D eigenvalue weighted by atomic mass is 16.5. The molecule has 4 aromatic rings. The van der Waals surface area contributed by atoms with E-state index in [2.05, 4.69) is 5.32 Å². The summed E-state index contributed by atoms with van der Waals surface area (Å²) in [6, 6.07) is 25.2. The highest BCUT2D eigenvalue weighted by Crippen LogP contribution is 2.19. The van der Waals surface area contributed by atoms with Crippen LogP contribution in [0, 0.1) is 0 Å². The summed E-state index contributed by atoms with van der Waals surface area (Å²) in [4.78, 5) is 17.4. The van der Waals surface area contributed by atoms with Gasteiger partial charge in [0.15, 0.2) is 0 Å². The number of para-hydroxylation sites is 2. The summed E-state index contributed by atoms with van der Waals surface area (Å²) in [6.07, 6.45) is 3.95. The van der Waals surface area contributed by atoms with E-state index in [0.29, 0.717) is 6.61 Å². The second-order valence-electron chi connectivity index (χ2n) is 6.79. The van der Waals surface area contributed by atoms with Crippen LogP contribution in [0.1, 0.15) is 18.3 Å². The first kappa shape index (κ1) is 19.5. The molecule has 150 valence electrons. The summed E-state index contributed by atoms with van der Waals surface area (Å²) < 4.78 is 7.37. The molecule has 0 aliphatic rings. The molecule has 0 unspecified atom stereocenters. The maximum atomic E-state index is 12.7. The van der Waals surface area contributed by atoms with Gasteiger partial charge in [-0.05, 0) is 55.0 Å². The fourth-order valence-electron chi connectivity index (χ4n) is 3.27. The Balaban J connectivity index is 1.56. The van der Waals surface area contributed by atoms with Crippen molar-refractivity contribution < 1.29 is 9.53 Å². The molecule has 0 aliphatic carbocycles. The van der Waals surface area contributed by atoms with Crippen LogP contribution in [0.5, 0.6) is 5.75 Å². The van der Waals surface area contributed by atoms with Crippen molar-refractivity contribution >= 4 is 34.8 Å². The lowest BCUT2D eigenvalue weighted by atomic mass is 10.2. The van der Waals surface area contributed by atoms with Gasteiger partial charge in [-0.1, -0.05) is 48.5 Å². The Kier molecular flexibility index (Phi) is 5.90. The standard InChI is InChI=1S/C25H23N3O2/c1-2-30-21-15-13-20(14-16-21)26-25(29)18-28-23-11-7-6-10-22(23)27-24(28)17-12-19-8-4-3-5-9-19/h3-17H,2,18H2,1H3,(H,26,29)/b17-12+. The van der Waals surface area contributed by atoms with Gasteiger partial charge in [0.05, 0.1) is 17.6 Å². The van der Waals surface area contributed by atoms with Gasteiger partial charge in [0.2, 0.25) is 5.91 Å². The lowest BCUT2D eigenvalue weighted by Crippen LogP contribution is -2.19. The minimum Gasteiger partial charge on any atom is -0.494 e. The van der Waals surface area contributed by atoms with Gasteiger partial charge in [-0.3, -0.25) is 4.79 Å². The van der Waals surface area contributed by atoms with E-state index in [4.69, 9.17) is 9.72 Å². The molecule has 4 rings (SSSR count). The number of rotatable bonds is 7. The topological polar surface area (TPSA) is 56.1 Å². The van der Waals surface area contributed by atoms with Crippen LogP contribution in [-0.2, 0) is 11.3 Å². The Morgan fingerprint density at radius 3 is 2.47 bits per heavy atom. The smallest absolute Gasteiger partial charge is 0.244 e. The van der Waals surface area contributed by atoms with Crippen LogP contribution >= 0.6 is 0 Å². The van der Waals surface area contributed by atoms with Crippen molar-refractivity contribution in [3.63, 3.8) is 0 Å². The predicted octanol–water partition coefficient (Wildman–Crippen LogP) is 5.24. The molecule has 0 bridgehead atoms. The Bertz CT molecular complexity index is 1160. The molecule has 3 aromatic carbocycles. The number of hydrogen-bond donors (Lipinski definition) is 1. The lowest BCUT2D eigenvalue weighted by Gasteiger charge is -2.09. The average Bonchev–Trinajstić information content (AvgIpc) is 3.12. The monoisotopic (exact) mass is 397 g/mol. The minimum atomic E-state index is -0.114. The maximum Gasteiger partial charge on any atom is 0.244 e. The van der Waals surface area contributed by atoms with E-state index in [-0.39, 0.29) is 12.5 Å². The average molecular weight is 397 g/mol. The number of ether oxygens (including phenoxy) is 1. The summed E-state index contributed by atoms with van der Waals surface area (Å²) in [5, 5.41) is 2.95. The van der Waals surface area contributed by atoms with Crippen LogP contribution in [0.2, 0.25) is 0 Å². The number of nitrogens with zero attached hydrogens (tertiary/aromatic N) is 2. The Labute approximate surface area is 175 Å². The number of carbonyl (C=O) groups is 1. The summed E-state index contributed by atoms with van der Waals surface area (Å²) in [5.41, 5.74) is 3.59. The van der Waals surface area contributed by atoms with Crippen molar-refractivity contribution in [3.05, 3.63) is 90.3 Å². The predicted molar refractivity (Wildman–Crippen MR) is 121 cm³/mol. The summed E-state index contributed by atoms with van der Waals surface area (Å²) in [7, 11) is 0. The van der Waals surface area contributed by atoms with Gasteiger partial charge in [-0.2, -0.15) is 0 Å². The van der Waals surface area contributed by atoms with Crippen LogP contribution in [0.3, 0.4) is 0 Å². The Morgan fingerprint density at radius 2 is 1.70 bits per heavy atom. The third kappa shape index (κ3) is 4.58. The number of anilines is 1. The first-order valence-electron chi connectivity index (χ1n) is 9.94. The molecule has 1 amide bonds. The SMILES string of the molecule is CCOc1ccc(NC(=O)Cn2c(/C=C/c3ccccc3)nc3ccccc32)cc1. The number of nitrogens with one attached hydrogen (secondary N) is 1. The van der Waals surface area contributed by atoms with E-state index in [1.165, 1.54) is 0 Å². The second-order valence-corrected chi connectivity index (χ2v) is 6.79. The van der Waals surface area contributed by atoms with Crippen molar-refractivity contribution in [1.29, 1.82) is 0 Å². The van der Waals surface area contributed by atoms with Crippen molar-refractivity contribution in [2.45, 2.75) is 13.5 Å². The summed E-state index contributed by atoms with van der Waals surface area (Å²) >= 11 is 0. The molecule has 0 atom stereocenters. The number of hydrogen-bond acceptors (Lipinski definition) is 3. The van der Waals surface area contributed by atoms with Crippen molar-refractivity contribution in [3.8, 4) is 5.75 Å². The van der Waals surface area contributed by atoms with Gasteiger partial charge >= 0.3 is 0 Å². The van der Waals surface area contributed by atoms with E-state index < -0.39 is 0 Å². The zero-order valence-electron chi connectivity index (χ0n) is 16.8. The fraction of sp³-hybridized carbons (Fsp3) is 0.120. The number of benzene rings is 3. The zero-order chi connectivity index (χ0) is 20.8. The number of imidazole rings is 1. The number of fused-ring (bicyclic) bond motifs is 1. The minimum absolute atomic E-state index is 0.114. The van der Waals surface area contributed by atoms with Gasteiger partial charge in [0.1, 0.15) is 18.1 Å². The molecule has 1 aromatic heterocycles. The van der Waals surface area contributed by atoms with Crippen LogP contribution in [0.25, 0.3) is 23.2 Å². The van der Waals surface area contributed by atoms with Crippen LogP contribution in [0.4, 0.5) is 5.69 Å². The molecule has 30 heavy (non-hydrogen) atoms. The van der Waals surface area contributed by atoms with Crippen molar-refractivity contribution in [2.75, 3.05) is 11.9 Å². The normalized spacial score (nSPS) is 11.1. The molecule has 0 fully saturated rings. The molecule has 0 saturated carbocycles. The van der Waals surface area contributed by atoms with Crippen molar-refractivity contribution in [2.24, 2.45) is 0 Å². The van der Waals surface area contributed by atoms with E-state index in [1.54, 1.807) is 0 Å². The van der Waals surface area contributed by atoms with Gasteiger partial charge in [0.25, 0.3) is 0 Å². The lowest BCUT2D eigenvalue weighted by molar-refractivity contribution is -0.116. The van der Waals surface area contributed by atoms with Gasteiger partial charge in [-0.15, -0.1) is 0 Å². The van der Waals surface area contributed by atoms with Crippen LogP contribution < -0.4 is 10.1 Å². The first-order valence-corrected chi connectivity index (χ1v) is 9.94. The molecule has 1 N–H and O–H groups in total. The molecule has 0 spiro atoms. The molecule has 5 nitrogen and oxygen atoms in total. The molecule has 5 heteroatoms. The van der Waals surface area contributed by atoms with Gasteiger partial charge < -0.3 is 14.6 Å². The van der Waals surface area contributed by atoms with E-state index in [1.807, 2.05) is 103 Å². The maximum absolute atomic E-state index is 12.7. The van der Waals surface area contributed by atoms with Crippen LogP contribution in [-0.4, -0.2) is 22.1 Å². The molecule has 0 aliphatic heterocycles. The van der Waals surface area contributed by atoms with Gasteiger partial charge in [0, 0.05) is 5.69 Å². The highest BCUT2D eigenvalue weighted by Gasteiger charge is 2.12. The van der Waals surface area contributed by atoms with E-state index >= 15 is 0 Å². The fourth-order valence-corrected chi connectivity index (χ4v) is 3.27. The number of carbonyl (C=O) groups excluding carboxylic acids is 1. The summed E-state index contributed by atoms with van der Waals surface area (Å²) in [5.74, 6) is 1.41. The summed E-state index contributed by atoms with van der Waals surface area (Å²) in [6.45, 7) is 2.72. The van der Waals surface area contributed by atoms with E-state index in [9.17, 15) is 4.79 Å². The van der Waals surface area contributed by atoms with Crippen LogP contribution in [0.15, 0.2) is 78.9 Å². The zero-order valence-corrected chi connectivity index (χ0v) is 16.8. The van der Waals surface area contributed by atoms with Crippen molar-refractivity contribution in [1.82, 2.24) is 9.55 Å². The molecule has 0 radical (unpaired) electrons. The quantitative estimate of drug-likeness (QED) is 0.464. The largest absolute Gasteiger partial charge is 0.494 e. The Morgan fingerprint density at radius 1 is 0.967 bits per heavy atom. The molecular weight excluding hydrogens is 374 g/mol. The molecule has 1 heterocycles. The number of aromatic nitrogens is 2. The molecule has 0 saturated heterocycles. The second kappa shape index (κ2) is 9.09. The highest BCUT2D eigenvalue weighted by molar-refractivity contribution is 5.92. The first-order chi connectivity index (χ1) is 14.7. The third-order valence-corrected chi connectivity index (χ3v) is 4.66. The van der Waals surface area contributed by atoms with Gasteiger partial charge in [-0.25, -0.2) is 4.98 Å². The molecular formula is C25H23N3O2. The van der Waals surface area contributed by atoms with E-state index in [0.717, 1.165) is 33.9 Å². The number of amides is 1.